The van der Waals surface area contributed by atoms with Gasteiger partial charge in [-0.3, -0.25) is 0 Å². The van der Waals surface area contributed by atoms with Crippen LogP contribution in [0.5, 0.6) is 17.2 Å². The highest BCUT2D eigenvalue weighted by atomic mass is 16.5. The summed E-state index contributed by atoms with van der Waals surface area (Å²) >= 11 is 0. The van der Waals surface area contributed by atoms with E-state index in [-0.39, 0.29) is 0 Å². The minimum atomic E-state index is 0.662. The van der Waals surface area contributed by atoms with Crippen molar-refractivity contribution in [1.29, 1.82) is 5.26 Å². The molecular weight excluding hydrogens is 458 g/mol. The van der Waals surface area contributed by atoms with Crippen molar-refractivity contribution in [3.8, 4) is 23.3 Å². The summed E-state index contributed by atoms with van der Waals surface area (Å²) in [6.07, 6.45) is 18.0. The molecule has 0 aliphatic rings. The normalized spacial score (nSPS) is 11.0. The maximum Gasteiger partial charge on any atom is 0.203 e. The number of hydrogen-bond donors (Lipinski definition) is 0. The number of hydrogen-bond acceptors (Lipinski definition) is 4. The Morgan fingerprint density at radius 2 is 1.05 bits per heavy atom. The molecule has 4 nitrogen and oxygen atoms in total. The first-order valence-electron chi connectivity index (χ1n) is 14.5. The lowest BCUT2D eigenvalue weighted by atomic mass is 10.1. The Bertz CT molecular complexity index is 908. The van der Waals surface area contributed by atoms with Gasteiger partial charge in [0.25, 0.3) is 0 Å². The Morgan fingerprint density at radius 1 is 0.595 bits per heavy atom. The van der Waals surface area contributed by atoms with Crippen LogP contribution in [0.2, 0.25) is 0 Å². The van der Waals surface area contributed by atoms with Gasteiger partial charge in [0.2, 0.25) is 5.75 Å². The fourth-order valence-electron chi connectivity index (χ4n) is 4.04. The van der Waals surface area contributed by atoms with E-state index in [1.165, 1.54) is 57.8 Å². The molecule has 2 aromatic carbocycles. The third kappa shape index (κ3) is 12.2. The molecule has 0 spiro atoms. The first-order chi connectivity index (χ1) is 18.2. The van der Waals surface area contributed by atoms with Gasteiger partial charge in [-0.15, -0.1) is 0 Å². The van der Waals surface area contributed by atoms with Crippen LogP contribution in [0.15, 0.2) is 36.4 Å². The molecule has 0 N–H and O–H groups in total. The summed E-state index contributed by atoms with van der Waals surface area (Å²) in [5.41, 5.74) is 2.71. The molecule has 0 amide bonds. The average Bonchev–Trinajstić information content (AvgIpc) is 2.92. The molecule has 0 fully saturated rings. The predicted molar refractivity (Wildman–Crippen MR) is 155 cm³/mol. The quantitative estimate of drug-likeness (QED) is 0.133. The van der Waals surface area contributed by atoms with Gasteiger partial charge in [-0.25, -0.2) is 0 Å². The number of benzene rings is 2. The van der Waals surface area contributed by atoms with E-state index in [1.807, 2.05) is 24.3 Å². The third-order valence-corrected chi connectivity index (χ3v) is 6.31. The summed E-state index contributed by atoms with van der Waals surface area (Å²) < 4.78 is 18.9. The van der Waals surface area contributed by atoms with E-state index in [2.05, 4.69) is 51.1 Å². The van der Waals surface area contributed by atoms with Gasteiger partial charge in [-0.2, -0.15) is 5.26 Å². The second-order valence-corrected chi connectivity index (χ2v) is 9.64. The van der Waals surface area contributed by atoms with E-state index in [4.69, 9.17) is 19.5 Å². The largest absolute Gasteiger partial charge is 0.490 e. The van der Waals surface area contributed by atoms with Crippen LogP contribution in [0, 0.1) is 11.3 Å². The van der Waals surface area contributed by atoms with Crippen LogP contribution >= 0.6 is 0 Å². The number of nitrogens with zero attached hydrogens (tertiary/aromatic N) is 1. The van der Waals surface area contributed by atoms with E-state index in [0.717, 1.165) is 47.6 Å². The molecule has 2 aromatic rings. The topological polar surface area (TPSA) is 51.5 Å². The number of unbranched alkanes of at least 4 members (excludes halogenated alkanes) is 9. The van der Waals surface area contributed by atoms with Crippen molar-refractivity contribution in [2.45, 2.75) is 97.8 Å². The minimum absolute atomic E-state index is 0.662. The summed E-state index contributed by atoms with van der Waals surface area (Å²) in [6, 6.07) is 13.9. The maximum atomic E-state index is 9.06. The van der Waals surface area contributed by atoms with E-state index >= 15 is 0 Å². The highest BCUT2D eigenvalue weighted by molar-refractivity contribution is 5.73. The SMILES string of the molecule is CCCCCCOc1cc(/C=C/c2ccc(C#N)cc2)cc(OCCCCCC)c1OCCCCCC. The summed E-state index contributed by atoms with van der Waals surface area (Å²) in [5.74, 6) is 2.26. The van der Waals surface area contributed by atoms with Gasteiger partial charge in [0.1, 0.15) is 0 Å². The molecule has 37 heavy (non-hydrogen) atoms. The van der Waals surface area contributed by atoms with Crippen LogP contribution in [-0.4, -0.2) is 19.8 Å². The van der Waals surface area contributed by atoms with E-state index in [9.17, 15) is 0 Å². The summed E-state index contributed by atoms with van der Waals surface area (Å²) in [6.45, 7) is 8.67. The second-order valence-electron chi connectivity index (χ2n) is 9.64. The van der Waals surface area contributed by atoms with Gasteiger partial charge in [-0.05, 0) is 54.7 Å². The van der Waals surface area contributed by atoms with E-state index < -0.39 is 0 Å². The Labute approximate surface area is 225 Å². The fourth-order valence-corrected chi connectivity index (χ4v) is 4.04. The Kier molecular flexibility index (Phi) is 15.7. The summed E-state index contributed by atoms with van der Waals surface area (Å²) in [5, 5.41) is 9.06. The number of rotatable bonds is 20. The lowest BCUT2D eigenvalue weighted by Gasteiger charge is -2.18. The molecule has 0 aliphatic heterocycles. The first-order valence-corrected chi connectivity index (χ1v) is 14.5. The molecule has 0 radical (unpaired) electrons. The smallest absolute Gasteiger partial charge is 0.203 e. The number of ether oxygens (including phenoxy) is 3. The van der Waals surface area contributed by atoms with Gasteiger partial charge in [-0.1, -0.05) is 103 Å². The Balaban J connectivity index is 2.26. The summed E-state index contributed by atoms with van der Waals surface area (Å²) in [7, 11) is 0. The van der Waals surface area contributed by atoms with Crippen LogP contribution in [0.3, 0.4) is 0 Å². The van der Waals surface area contributed by atoms with Crippen molar-refractivity contribution < 1.29 is 14.2 Å². The molecule has 0 bridgehead atoms. The van der Waals surface area contributed by atoms with Crippen molar-refractivity contribution in [2.24, 2.45) is 0 Å². The zero-order chi connectivity index (χ0) is 26.6. The molecule has 202 valence electrons. The van der Waals surface area contributed by atoms with Gasteiger partial charge < -0.3 is 14.2 Å². The average molecular weight is 506 g/mol. The molecule has 0 saturated carbocycles. The predicted octanol–water partition coefficient (Wildman–Crippen LogP) is 9.61. The van der Waals surface area contributed by atoms with Crippen molar-refractivity contribution >= 4 is 12.2 Å². The summed E-state index contributed by atoms with van der Waals surface area (Å²) in [4.78, 5) is 0. The highest BCUT2D eigenvalue weighted by Crippen LogP contribution is 2.40. The van der Waals surface area contributed by atoms with Crippen LogP contribution in [0.4, 0.5) is 0 Å². The minimum Gasteiger partial charge on any atom is -0.490 e. The van der Waals surface area contributed by atoms with Crippen LogP contribution in [0.25, 0.3) is 12.2 Å². The maximum absolute atomic E-state index is 9.06. The van der Waals surface area contributed by atoms with Crippen LogP contribution in [-0.2, 0) is 0 Å². The monoisotopic (exact) mass is 505 g/mol. The number of nitriles is 1. The molecule has 0 aliphatic carbocycles. The lowest BCUT2D eigenvalue weighted by molar-refractivity contribution is 0.234. The highest BCUT2D eigenvalue weighted by Gasteiger charge is 2.15. The first kappa shape index (κ1) is 30.3. The standard InChI is InChI=1S/C33H47NO3/c1-4-7-10-13-22-35-31-25-30(21-18-28-16-19-29(27-34)20-17-28)26-32(36-23-14-11-8-5-2)33(31)37-24-15-12-9-6-3/h16-21,25-26H,4-15,22-24H2,1-3H3/b21-18+. The van der Waals surface area contributed by atoms with Crippen LogP contribution in [0.1, 0.15) is 115 Å². The zero-order valence-electron chi connectivity index (χ0n) is 23.4. The van der Waals surface area contributed by atoms with Gasteiger partial charge in [0.15, 0.2) is 11.5 Å². The molecule has 0 unspecified atom stereocenters. The van der Waals surface area contributed by atoms with Gasteiger partial charge in [0, 0.05) is 0 Å². The molecule has 2 rings (SSSR count). The van der Waals surface area contributed by atoms with E-state index in [0.29, 0.717) is 25.4 Å². The third-order valence-electron chi connectivity index (χ3n) is 6.31. The zero-order valence-corrected chi connectivity index (χ0v) is 23.4. The molecule has 4 heteroatoms. The second kappa shape index (κ2) is 19.2. The van der Waals surface area contributed by atoms with Crippen molar-refractivity contribution in [3.63, 3.8) is 0 Å². The molecule has 0 saturated heterocycles. The molecule has 0 heterocycles. The van der Waals surface area contributed by atoms with Gasteiger partial charge in [0.05, 0.1) is 31.5 Å². The van der Waals surface area contributed by atoms with E-state index in [1.54, 1.807) is 0 Å². The molecule has 0 atom stereocenters. The lowest BCUT2D eigenvalue weighted by Crippen LogP contribution is -2.06. The van der Waals surface area contributed by atoms with Crippen molar-refractivity contribution in [2.75, 3.05) is 19.8 Å². The fraction of sp³-hybridized carbons (Fsp3) is 0.545. The molecule has 0 aromatic heterocycles. The Morgan fingerprint density at radius 3 is 1.51 bits per heavy atom. The Hall–Kier alpha value is -2.93. The molecular formula is C33H47NO3. The van der Waals surface area contributed by atoms with Crippen LogP contribution < -0.4 is 14.2 Å². The van der Waals surface area contributed by atoms with Crippen molar-refractivity contribution in [1.82, 2.24) is 0 Å². The van der Waals surface area contributed by atoms with Gasteiger partial charge >= 0.3 is 0 Å². The van der Waals surface area contributed by atoms with Crippen molar-refractivity contribution in [3.05, 3.63) is 53.1 Å².